The number of halogens is 1. The number of non-ortho nitro benzene ring substituents is 1. The number of nitro benzene ring substituents is 1. The van der Waals surface area contributed by atoms with Gasteiger partial charge >= 0.3 is 5.97 Å². The van der Waals surface area contributed by atoms with E-state index >= 15 is 0 Å². The first-order valence-electron chi connectivity index (χ1n) is 16.7. The van der Waals surface area contributed by atoms with E-state index in [1.807, 2.05) is 78.9 Å². The van der Waals surface area contributed by atoms with Gasteiger partial charge < -0.3 is 33.5 Å². The van der Waals surface area contributed by atoms with Crippen LogP contribution < -0.4 is 44.6 Å². The van der Waals surface area contributed by atoms with Crippen LogP contribution in [0.2, 0.25) is 0 Å². The first kappa shape index (κ1) is 37.9. The van der Waals surface area contributed by atoms with Gasteiger partial charge in [-0.05, 0) is 59.7 Å². The van der Waals surface area contributed by atoms with Gasteiger partial charge in [0, 0.05) is 29.7 Å². The largest absolute Gasteiger partial charge is 1.00 e. The number of esters is 1. The van der Waals surface area contributed by atoms with E-state index in [-0.39, 0.29) is 47.9 Å². The molecular weight excluding hydrogens is 820 g/mol. The maximum atomic E-state index is 14.3. The van der Waals surface area contributed by atoms with E-state index in [2.05, 4.69) is 41.4 Å². The van der Waals surface area contributed by atoms with E-state index in [1.165, 1.54) is 18.3 Å². The third-order valence-electron chi connectivity index (χ3n) is 9.23. The summed E-state index contributed by atoms with van der Waals surface area (Å²) >= 11 is 1.56. The Morgan fingerprint density at radius 2 is 1.47 bits per heavy atom. The highest BCUT2D eigenvalue weighted by molar-refractivity contribution is 8.00. The number of carbonyl (C=O) groups is 2. The molecule has 0 bridgehead atoms. The van der Waals surface area contributed by atoms with Crippen molar-refractivity contribution in [3.63, 3.8) is 0 Å². The van der Waals surface area contributed by atoms with Crippen molar-refractivity contribution in [3.05, 3.63) is 172 Å². The van der Waals surface area contributed by atoms with E-state index in [9.17, 15) is 19.7 Å². The number of fused-ring (bicyclic) bond motifs is 1. The molecule has 1 fully saturated rings. The summed E-state index contributed by atoms with van der Waals surface area (Å²) in [5.41, 5.74) is 2.33. The van der Waals surface area contributed by atoms with E-state index in [4.69, 9.17) is 9.47 Å². The maximum Gasteiger partial charge on any atom is 0.355 e. The molecule has 0 N–H and O–H groups in total. The van der Waals surface area contributed by atoms with Crippen molar-refractivity contribution < 1.29 is 48.0 Å². The molecule has 0 saturated carbocycles. The number of ether oxygens (including phenoxy) is 2. The molecule has 53 heavy (non-hydrogen) atoms. The average Bonchev–Trinajstić information content (AvgIpc) is 3.20. The third-order valence-corrected chi connectivity index (χ3v) is 14.9. The van der Waals surface area contributed by atoms with Gasteiger partial charge in [0.25, 0.3) is 11.6 Å². The minimum atomic E-state index is -2.42. The molecule has 1 saturated heterocycles. The smallest absolute Gasteiger partial charge is 0.355 e. The summed E-state index contributed by atoms with van der Waals surface area (Å²) in [6.45, 7) is 0.0180. The lowest BCUT2D eigenvalue weighted by Gasteiger charge is -2.48. The molecule has 0 radical (unpaired) electrons. The van der Waals surface area contributed by atoms with Gasteiger partial charge in [-0.2, -0.15) is 0 Å². The van der Waals surface area contributed by atoms with Crippen molar-refractivity contribution in [1.82, 2.24) is 4.90 Å². The van der Waals surface area contributed by atoms with Crippen LogP contribution in [0, 0.1) is 10.1 Å². The van der Waals surface area contributed by atoms with Gasteiger partial charge in [0.1, 0.15) is 46.6 Å². The minimum absolute atomic E-state index is 0. The van der Waals surface area contributed by atoms with Gasteiger partial charge in [0.2, 0.25) is 0 Å². The number of benzene rings is 5. The molecular formula is C41H35IN3O6PS. The Hall–Kier alpha value is -4.84. The normalized spacial score (nSPS) is 16.7. The topological polar surface area (TPSA) is 111 Å². The van der Waals surface area contributed by atoms with Gasteiger partial charge in [-0.15, -0.1) is 11.8 Å². The zero-order valence-electron chi connectivity index (χ0n) is 28.7. The van der Waals surface area contributed by atoms with Crippen LogP contribution in [0.1, 0.15) is 11.1 Å². The average molecular weight is 856 g/mol. The first-order valence-corrected chi connectivity index (χ1v) is 19.7. The number of aliphatic imine (C=N–C) groups is 1. The van der Waals surface area contributed by atoms with Crippen LogP contribution >= 0.6 is 19.0 Å². The lowest BCUT2D eigenvalue weighted by Crippen LogP contribution is -3.00. The summed E-state index contributed by atoms with van der Waals surface area (Å²) in [7, 11) is -0.831. The number of nitrogens with zero attached hydrogens (tertiary/aromatic N) is 3. The van der Waals surface area contributed by atoms with Gasteiger partial charge in [0.05, 0.1) is 18.2 Å². The van der Waals surface area contributed by atoms with E-state index < -0.39 is 29.6 Å². The molecule has 2 atom stereocenters. The fourth-order valence-electron chi connectivity index (χ4n) is 6.66. The van der Waals surface area contributed by atoms with Crippen molar-refractivity contribution in [2.45, 2.75) is 18.0 Å². The fraction of sp³-hybridized carbons (Fsp3) is 0.146. The molecule has 2 aliphatic rings. The third kappa shape index (κ3) is 7.78. The maximum absolute atomic E-state index is 14.3. The number of amides is 1. The number of nitro groups is 1. The standard InChI is InChI=1S/C41H35N3O6PS.HI/c1-49-33-22-20-29(21-23-33)26-50-41(46)38-31(28-52-40-37(39(45)43(38)40)42-25-30-12-11-13-32(24-30)44(47)48)27-51(34-14-5-2-6-15-34,35-16-7-3-8-17-35)36-18-9-4-10-19-36;/h2-25,37,40H,26-28H2,1H3;1H/q+1;/p-1/t37-,40+;/m1./s1. The van der Waals surface area contributed by atoms with Crippen LogP contribution in [0.5, 0.6) is 5.75 Å². The van der Waals surface area contributed by atoms with Crippen molar-refractivity contribution in [2.24, 2.45) is 4.99 Å². The summed E-state index contributed by atoms with van der Waals surface area (Å²) in [5, 5.41) is 14.4. The Bertz CT molecular complexity index is 2060. The molecule has 0 aliphatic carbocycles. The highest BCUT2D eigenvalue weighted by Crippen LogP contribution is 2.58. The Morgan fingerprint density at radius 3 is 2.02 bits per heavy atom. The zero-order valence-corrected chi connectivity index (χ0v) is 32.5. The fourth-order valence-corrected chi connectivity index (χ4v) is 12.5. The van der Waals surface area contributed by atoms with Crippen LogP contribution in [-0.2, 0) is 20.9 Å². The number of methoxy groups -OCH3 is 1. The number of thioether (sulfide) groups is 1. The van der Waals surface area contributed by atoms with Gasteiger partial charge in [-0.1, -0.05) is 78.9 Å². The van der Waals surface area contributed by atoms with Crippen LogP contribution in [-0.4, -0.2) is 58.4 Å². The number of rotatable bonds is 12. The Morgan fingerprint density at radius 1 is 0.887 bits per heavy atom. The highest BCUT2D eigenvalue weighted by atomic mass is 127. The van der Waals surface area contributed by atoms with Gasteiger partial charge in [-0.3, -0.25) is 24.8 Å². The van der Waals surface area contributed by atoms with Crippen molar-refractivity contribution in [1.29, 1.82) is 0 Å². The SMILES string of the molecule is COc1ccc(COC(=O)C2=C(C[P+](c3ccccc3)(c3ccccc3)c3ccccc3)CS[C@H]3[C@H](N=Cc4cccc([N+](=O)[O-])c4)C(=O)N23)cc1.[I-]. The molecule has 2 heterocycles. The number of hydrogen-bond acceptors (Lipinski definition) is 8. The molecule has 0 unspecified atom stereocenters. The molecule has 5 aromatic rings. The summed E-state index contributed by atoms with van der Waals surface area (Å²) in [6, 6.07) is 43.8. The van der Waals surface area contributed by atoms with E-state index in [1.54, 1.807) is 35.9 Å². The van der Waals surface area contributed by atoms with Gasteiger partial charge in [0.15, 0.2) is 6.04 Å². The van der Waals surface area contributed by atoms with Crippen molar-refractivity contribution in [2.75, 3.05) is 19.0 Å². The zero-order chi connectivity index (χ0) is 36.1. The molecule has 5 aromatic carbocycles. The Kier molecular flexibility index (Phi) is 12.1. The van der Waals surface area contributed by atoms with Crippen LogP contribution in [0.15, 0.2) is 156 Å². The number of carbonyl (C=O) groups excluding carboxylic acids is 2. The highest BCUT2D eigenvalue weighted by Gasteiger charge is 2.56. The van der Waals surface area contributed by atoms with E-state index in [0.717, 1.165) is 27.1 Å². The molecule has 0 spiro atoms. The van der Waals surface area contributed by atoms with Crippen molar-refractivity contribution in [3.8, 4) is 5.75 Å². The van der Waals surface area contributed by atoms with Crippen LogP contribution in [0.3, 0.4) is 0 Å². The number of β-lactam (4-membered cyclic amide) rings is 1. The Labute approximate surface area is 329 Å². The lowest BCUT2D eigenvalue weighted by molar-refractivity contribution is -0.384. The summed E-state index contributed by atoms with van der Waals surface area (Å²) in [4.78, 5) is 45.3. The summed E-state index contributed by atoms with van der Waals surface area (Å²) < 4.78 is 11.3. The second-order valence-corrected chi connectivity index (χ2v) is 16.9. The molecule has 2 aliphatic heterocycles. The monoisotopic (exact) mass is 855 g/mol. The number of hydrogen-bond donors (Lipinski definition) is 0. The van der Waals surface area contributed by atoms with E-state index in [0.29, 0.717) is 23.2 Å². The first-order chi connectivity index (χ1) is 25.4. The van der Waals surface area contributed by atoms with Crippen molar-refractivity contribution >= 4 is 58.7 Å². The van der Waals surface area contributed by atoms with Crippen LogP contribution in [0.25, 0.3) is 0 Å². The summed E-state index contributed by atoms with van der Waals surface area (Å²) in [5.74, 6) is 0.283. The lowest BCUT2D eigenvalue weighted by atomic mass is 10.0. The quantitative estimate of drug-likeness (QED) is 0.0361. The minimum Gasteiger partial charge on any atom is -1.00 e. The van der Waals surface area contributed by atoms with Gasteiger partial charge in [-0.25, -0.2) is 4.79 Å². The summed E-state index contributed by atoms with van der Waals surface area (Å²) in [6.07, 6.45) is 2.01. The molecule has 268 valence electrons. The van der Waals surface area contributed by atoms with Crippen LogP contribution in [0.4, 0.5) is 5.69 Å². The predicted octanol–water partition coefficient (Wildman–Crippen LogP) is 3.30. The molecule has 9 nitrogen and oxygen atoms in total. The second-order valence-electron chi connectivity index (χ2n) is 12.3. The molecule has 12 heteroatoms. The second kappa shape index (κ2) is 16.9. The predicted molar refractivity (Wildman–Crippen MR) is 207 cm³/mol. The Balaban J connectivity index is 0.00000481. The molecule has 7 rings (SSSR count). The molecule has 1 amide bonds. The molecule has 0 aromatic heterocycles.